The van der Waals surface area contributed by atoms with Crippen LogP contribution >= 0.6 is 23.2 Å². The Bertz CT molecular complexity index is 1200. The van der Waals surface area contributed by atoms with Gasteiger partial charge in [-0.3, -0.25) is 9.59 Å². The predicted molar refractivity (Wildman–Crippen MR) is 134 cm³/mol. The lowest BCUT2D eigenvalue weighted by Gasteiger charge is -2.13. The number of amides is 2. The van der Waals surface area contributed by atoms with E-state index in [9.17, 15) is 9.59 Å². The van der Waals surface area contributed by atoms with Crippen LogP contribution in [-0.4, -0.2) is 25.1 Å². The molecular formula is C25H23Cl2N3O4. The summed E-state index contributed by atoms with van der Waals surface area (Å²) in [6, 6.07) is 15.8. The second-order valence-electron chi connectivity index (χ2n) is 7.43. The number of aryl methyl sites for hydroxylation is 2. The van der Waals surface area contributed by atoms with Crippen molar-refractivity contribution >= 4 is 46.9 Å². The quantitative estimate of drug-likeness (QED) is 0.262. The Morgan fingerprint density at radius 1 is 0.941 bits per heavy atom. The van der Waals surface area contributed by atoms with Crippen LogP contribution in [0.15, 0.2) is 59.7 Å². The lowest BCUT2D eigenvalue weighted by Crippen LogP contribution is -2.32. The average Bonchev–Trinajstić information content (AvgIpc) is 2.78. The van der Waals surface area contributed by atoms with Gasteiger partial charge in [0.1, 0.15) is 6.61 Å². The number of anilines is 1. The smallest absolute Gasteiger partial charge is 0.329 e. The molecule has 34 heavy (non-hydrogen) atoms. The summed E-state index contributed by atoms with van der Waals surface area (Å²) in [4.78, 5) is 24.2. The van der Waals surface area contributed by atoms with Crippen molar-refractivity contribution in [2.75, 3.05) is 12.4 Å². The molecule has 0 saturated heterocycles. The molecule has 0 aliphatic carbocycles. The summed E-state index contributed by atoms with van der Waals surface area (Å²) in [5.74, 6) is -0.779. The zero-order valence-corrected chi connectivity index (χ0v) is 20.3. The van der Waals surface area contributed by atoms with E-state index in [1.165, 1.54) is 13.3 Å². The van der Waals surface area contributed by atoms with Gasteiger partial charge in [0.2, 0.25) is 0 Å². The summed E-state index contributed by atoms with van der Waals surface area (Å²) in [5, 5.41) is 7.41. The van der Waals surface area contributed by atoms with Crippen molar-refractivity contribution in [3.8, 4) is 11.5 Å². The molecule has 0 atom stereocenters. The second-order valence-corrected chi connectivity index (χ2v) is 8.24. The van der Waals surface area contributed by atoms with E-state index in [2.05, 4.69) is 15.8 Å². The number of carbonyl (C=O) groups is 2. The lowest BCUT2D eigenvalue weighted by molar-refractivity contribution is -0.136. The number of benzene rings is 3. The summed E-state index contributed by atoms with van der Waals surface area (Å²) in [5.41, 5.74) is 5.99. The number of ether oxygens (including phenoxy) is 2. The van der Waals surface area contributed by atoms with Gasteiger partial charge in [0, 0.05) is 21.3 Å². The number of methoxy groups -OCH3 is 1. The number of nitrogens with zero attached hydrogens (tertiary/aromatic N) is 1. The van der Waals surface area contributed by atoms with E-state index >= 15 is 0 Å². The first-order valence-corrected chi connectivity index (χ1v) is 11.0. The van der Waals surface area contributed by atoms with Crippen molar-refractivity contribution < 1.29 is 19.1 Å². The monoisotopic (exact) mass is 499 g/mol. The number of halogens is 2. The van der Waals surface area contributed by atoms with Gasteiger partial charge in [-0.05, 0) is 73.0 Å². The highest BCUT2D eigenvalue weighted by Crippen LogP contribution is 2.31. The highest BCUT2D eigenvalue weighted by atomic mass is 35.5. The Kier molecular flexibility index (Phi) is 8.51. The number of rotatable bonds is 7. The SMILES string of the molecule is COc1cc(/C=N/NC(=O)C(=O)Nc2cc(C)cc(C)c2)ccc1OCc1c(Cl)cccc1Cl. The van der Waals surface area contributed by atoms with E-state index in [1.54, 1.807) is 48.5 Å². The highest BCUT2D eigenvalue weighted by Gasteiger charge is 2.13. The molecule has 176 valence electrons. The zero-order chi connectivity index (χ0) is 24.7. The molecule has 3 aromatic rings. The van der Waals surface area contributed by atoms with Gasteiger partial charge in [0.25, 0.3) is 0 Å². The third kappa shape index (κ3) is 6.73. The largest absolute Gasteiger partial charge is 0.493 e. The summed E-state index contributed by atoms with van der Waals surface area (Å²) in [6.07, 6.45) is 1.39. The molecule has 3 rings (SSSR count). The van der Waals surface area contributed by atoms with E-state index in [4.69, 9.17) is 32.7 Å². The number of hydrogen-bond donors (Lipinski definition) is 2. The third-order valence-corrected chi connectivity index (χ3v) is 5.40. The minimum atomic E-state index is -0.890. The zero-order valence-electron chi connectivity index (χ0n) is 18.8. The Morgan fingerprint density at radius 2 is 1.62 bits per heavy atom. The standard InChI is InChI=1S/C25H23Cl2N3O4/c1-15-9-16(2)11-18(10-15)29-24(31)25(32)30-28-13-17-7-8-22(23(12-17)33-3)34-14-19-20(26)5-4-6-21(19)27/h4-13H,14H2,1-3H3,(H,29,31)(H,30,32)/b28-13+. The van der Waals surface area contributed by atoms with Gasteiger partial charge in [0.15, 0.2) is 11.5 Å². The van der Waals surface area contributed by atoms with Crippen LogP contribution in [0.25, 0.3) is 0 Å². The molecule has 2 amide bonds. The van der Waals surface area contributed by atoms with Crippen molar-refractivity contribution in [1.29, 1.82) is 0 Å². The molecule has 2 N–H and O–H groups in total. The van der Waals surface area contributed by atoms with Crippen LogP contribution in [0, 0.1) is 13.8 Å². The molecule has 3 aromatic carbocycles. The van der Waals surface area contributed by atoms with Crippen LogP contribution in [0.3, 0.4) is 0 Å². The fourth-order valence-electron chi connectivity index (χ4n) is 3.15. The van der Waals surface area contributed by atoms with Gasteiger partial charge < -0.3 is 14.8 Å². The number of hydrazone groups is 1. The van der Waals surface area contributed by atoms with E-state index in [-0.39, 0.29) is 6.61 Å². The molecule has 0 aliphatic rings. The first-order chi connectivity index (χ1) is 16.3. The van der Waals surface area contributed by atoms with Gasteiger partial charge in [-0.25, -0.2) is 5.43 Å². The first-order valence-electron chi connectivity index (χ1n) is 10.2. The predicted octanol–water partition coefficient (Wildman–Crippen LogP) is 5.29. The summed E-state index contributed by atoms with van der Waals surface area (Å²) in [6.45, 7) is 3.97. The minimum absolute atomic E-state index is 0.161. The molecule has 0 aromatic heterocycles. The van der Waals surface area contributed by atoms with Crippen LogP contribution < -0.4 is 20.2 Å². The minimum Gasteiger partial charge on any atom is -0.493 e. The summed E-state index contributed by atoms with van der Waals surface area (Å²) >= 11 is 12.4. The van der Waals surface area contributed by atoms with E-state index in [0.717, 1.165) is 11.1 Å². The van der Waals surface area contributed by atoms with Crippen molar-refractivity contribution in [2.24, 2.45) is 5.10 Å². The molecule has 9 heteroatoms. The van der Waals surface area contributed by atoms with Crippen LogP contribution in [0.1, 0.15) is 22.3 Å². The Hall–Kier alpha value is -3.55. The van der Waals surface area contributed by atoms with Crippen LogP contribution in [0.2, 0.25) is 10.0 Å². The average molecular weight is 500 g/mol. The maximum atomic E-state index is 12.1. The highest BCUT2D eigenvalue weighted by molar-refractivity contribution is 6.39. The van der Waals surface area contributed by atoms with Crippen molar-refractivity contribution in [3.05, 3.63) is 86.9 Å². The lowest BCUT2D eigenvalue weighted by atomic mass is 10.1. The Balaban J connectivity index is 1.60. The van der Waals surface area contributed by atoms with Gasteiger partial charge in [-0.15, -0.1) is 0 Å². The molecule has 0 heterocycles. The van der Waals surface area contributed by atoms with Crippen molar-refractivity contribution in [3.63, 3.8) is 0 Å². The van der Waals surface area contributed by atoms with E-state index in [1.807, 2.05) is 19.9 Å². The molecule has 0 saturated carbocycles. The Labute approximate surface area is 207 Å². The Morgan fingerprint density at radius 3 is 2.26 bits per heavy atom. The fraction of sp³-hybridized carbons (Fsp3) is 0.160. The summed E-state index contributed by atoms with van der Waals surface area (Å²) < 4.78 is 11.2. The molecule has 0 radical (unpaired) electrons. The molecule has 0 spiro atoms. The van der Waals surface area contributed by atoms with Crippen molar-refractivity contribution in [2.45, 2.75) is 20.5 Å². The molecular weight excluding hydrogens is 477 g/mol. The number of hydrogen-bond acceptors (Lipinski definition) is 5. The van der Waals surface area contributed by atoms with E-state index in [0.29, 0.717) is 38.4 Å². The maximum absolute atomic E-state index is 12.1. The first kappa shape index (κ1) is 25.1. The van der Waals surface area contributed by atoms with Gasteiger partial charge in [-0.2, -0.15) is 5.10 Å². The number of nitrogens with one attached hydrogen (secondary N) is 2. The molecule has 7 nitrogen and oxygen atoms in total. The second kappa shape index (κ2) is 11.5. The molecule has 0 fully saturated rings. The maximum Gasteiger partial charge on any atom is 0.329 e. The normalized spacial score (nSPS) is 10.7. The topological polar surface area (TPSA) is 89.0 Å². The van der Waals surface area contributed by atoms with Crippen LogP contribution in [0.5, 0.6) is 11.5 Å². The molecule has 0 unspecified atom stereocenters. The summed E-state index contributed by atoms with van der Waals surface area (Å²) in [7, 11) is 1.50. The van der Waals surface area contributed by atoms with Crippen molar-refractivity contribution in [1.82, 2.24) is 5.43 Å². The number of carbonyl (C=O) groups excluding carboxylic acids is 2. The third-order valence-electron chi connectivity index (χ3n) is 4.69. The van der Waals surface area contributed by atoms with Crippen LogP contribution in [0.4, 0.5) is 5.69 Å². The van der Waals surface area contributed by atoms with Gasteiger partial charge in [-0.1, -0.05) is 35.3 Å². The molecule has 0 bridgehead atoms. The molecule has 0 aliphatic heterocycles. The fourth-order valence-corrected chi connectivity index (χ4v) is 3.66. The van der Waals surface area contributed by atoms with E-state index < -0.39 is 11.8 Å². The van der Waals surface area contributed by atoms with Gasteiger partial charge >= 0.3 is 11.8 Å². The van der Waals surface area contributed by atoms with Gasteiger partial charge in [0.05, 0.1) is 13.3 Å². The van der Waals surface area contributed by atoms with Crippen LogP contribution in [-0.2, 0) is 16.2 Å².